The van der Waals surface area contributed by atoms with Gasteiger partial charge in [0.05, 0.1) is 0 Å². The summed E-state index contributed by atoms with van der Waals surface area (Å²) in [7, 11) is 0. The minimum absolute atomic E-state index is 0.117. The van der Waals surface area contributed by atoms with Crippen molar-refractivity contribution in [3.8, 4) is 0 Å². The number of rotatable bonds is 7. The van der Waals surface area contributed by atoms with Crippen LogP contribution in [0.2, 0.25) is 0 Å². The van der Waals surface area contributed by atoms with E-state index < -0.39 is 53.9 Å². The van der Waals surface area contributed by atoms with Crippen molar-refractivity contribution in [2.24, 2.45) is 5.73 Å². The van der Waals surface area contributed by atoms with Crippen molar-refractivity contribution in [2.45, 2.75) is 50.4 Å². The maximum atomic E-state index is 13.7. The van der Waals surface area contributed by atoms with Gasteiger partial charge in [-0.2, -0.15) is 13.2 Å². The van der Waals surface area contributed by atoms with Gasteiger partial charge in [0.25, 0.3) is 0 Å². The molecule has 162 valence electrons. The molecule has 2 rings (SSSR count). The molecule has 1 aromatic carbocycles. The van der Waals surface area contributed by atoms with Crippen LogP contribution in [0.25, 0.3) is 0 Å². The van der Waals surface area contributed by atoms with Crippen LogP contribution >= 0.6 is 0 Å². The molecule has 0 saturated carbocycles. The highest BCUT2D eigenvalue weighted by molar-refractivity contribution is 5.78. The zero-order chi connectivity index (χ0) is 21.8. The molecule has 0 spiro atoms. The van der Waals surface area contributed by atoms with Crippen molar-refractivity contribution < 1.29 is 35.9 Å². The molecule has 1 unspecified atom stereocenters. The summed E-state index contributed by atoms with van der Waals surface area (Å²) in [5.74, 6) is -5.12. The molecule has 3 N–H and O–H groups in total. The van der Waals surface area contributed by atoms with E-state index in [9.17, 15) is 35.9 Å². The molecule has 2 amide bonds. The van der Waals surface area contributed by atoms with E-state index >= 15 is 0 Å². The molecule has 0 aromatic heterocycles. The molecule has 1 heterocycles. The van der Waals surface area contributed by atoms with E-state index in [0.717, 1.165) is 0 Å². The quantitative estimate of drug-likeness (QED) is 0.521. The highest BCUT2D eigenvalue weighted by Gasteiger charge is 2.33. The summed E-state index contributed by atoms with van der Waals surface area (Å²) in [5, 5.41) is 2.17. The molecular weight excluding hydrogens is 404 g/mol. The van der Waals surface area contributed by atoms with E-state index in [2.05, 4.69) is 5.32 Å². The number of carbonyl (C=O) groups excluding carboxylic acids is 2. The number of amides is 2. The third-order valence-corrected chi connectivity index (χ3v) is 4.60. The zero-order valence-electron chi connectivity index (χ0n) is 15.4. The minimum atomic E-state index is -4.61. The van der Waals surface area contributed by atoms with E-state index in [4.69, 9.17) is 5.73 Å². The molecule has 2 atom stereocenters. The minimum Gasteiger partial charge on any atom is -0.354 e. The molecule has 1 fully saturated rings. The number of nitrogens with one attached hydrogen (secondary N) is 1. The number of benzene rings is 1. The van der Waals surface area contributed by atoms with Crippen LogP contribution in [0.1, 0.15) is 31.2 Å². The number of likely N-dealkylation sites (tertiary alicyclic amines) is 1. The van der Waals surface area contributed by atoms with Gasteiger partial charge in [0, 0.05) is 37.7 Å². The van der Waals surface area contributed by atoms with Crippen LogP contribution in [0, 0.1) is 17.5 Å². The standard InChI is InChI=1S/C18H21F6N3O2/c19-13-7-15(21)14(20)5-10(13)4-11(25)6-17(29)27-3-1-2-12(27)9-26-16(28)8-18(22,23)24/h5,7,11-12H,1-4,6,8-9,25H2,(H,26,28)/t11-,12?/m1/s1. The van der Waals surface area contributed by atoms with E-state index in [0.29, 0.717) is 31.5 Å². The maximum Gasteiger partial charge on any atom is 0.397 e. The van der Waals surface area contributed by atoms with Crippen LogP contribution in [0.5, 0.6) is 0 Å². The highest BCUT2D eigenvalue weighted by Crippen LogP contribution is 2.21. The number of nitrogens with zero attached hydrogens (tertiary/aromatic N) is 1. The average molecular weight is 425 g/mol. The fourth-order valence-electron chi connectivity index (χ4n) is 3.27. The van der Waals surface area contributed by atoms with Crippen LogP contribution in [-0.4, -0.2) is 48.1 Å². The number of nitrogens with two attached hydrogens (primary N) is 1. The molecule has 1 aliphatic heterocycles. The van der Waals surface area contributed by atoms with Gasteiger partial charge >= 0.3 is 6.18 Å². The lowest BCUT2D eigenvalue weighted by Crippen LogP contribution is -2.45. The number of hydrogen-bond donors (Lipinski definition) is 2. The van der Waals surface area contributed by atoms with Crippen molar-refractivity contribution >= 4 is 11.8 Å². The lowest BCUT2D eigenvalue weighted by molar-refractivity contribution is -0.154. The summed E-state index contributed by atoms with van der Waals surface area (Å²) in [5.41, 5.74) is 5.68. The molecule has 1 aromatic rings. The van der Waals surface area contributed by atoms with Gasteiger partial charge in [-0.1, -0.05) is 0 Å². The van der Waals surface area contributed by atoms with Gasteiger partial charge < -0.3 is 16.0 Å². The van der Waals surface area contributed by atoms with Crippen LogP contribution in [0.15, 0.2) is 12.1 Å². The van der Waals surface area contributed by atoms with Crippen LogP contribution in [-0.2, 0) is 16.0 Å². The van der Waals surface area contributed by atoms with Gasteiger partial charge in [-0.25, -0.2) is 13.2 Å². The Morgan fingerprint density at radius 1 is 1.17 bits per heavy atom. The van der Waals surface area contributed by atoms with Crippen molar-refractivity contribution in [1.29, 1.82) is 0 Å². The molecule has 0 radical (unpaired) electrons. The fourth-order valence-corrected chi connectivity index (χ4v) is 3.27. The van der Waals surface area contributed by atoms with Gasteiger partial charge in [-0.15, -0.1) is 0 Å². The summed E-state index contributed by atoms with van der Waals surface area (Å²) in [6.07, 6.45) is -5.51. The molecule has 5 nitrogen and oxygen atoms in total. The Morgan fingerprint density at radius 3 is 2.48 bits per heavy atom. The van der Waals surface area contributed by atoms with Gasteiger partial charge in [0.15, 0.2) is 11.6 Å². The van der Waals surface area contributed by atoms with Crippen molar-refractivity contribution in [3.63, 3.8) is 0 Å². The fraction of sp³-hybridized carbons (Fsp3) is 0.556. The first-order valence-corrected chi connectivity index (χ1v) is 8.98. The molecule has 0 aliphatic carbocycles. The first-order valence-electron chi connectivity index (χ1n) is 8.98. The smallest absolute Gasteiger partial charge is 0.354 e. The highest BCUT2D eigenvalue weighted by atomic mass is 19.4. The Balaban J connectivity index is 1.88. The number of carbonyl (C=O) groups is 2. The third kappa shape index (κ3) is 6.91. The van der Waals surface area contributed by atoms with Crippen molar-refractivity contribution in [1.82, 2.24) is 10.2 Å². The molecule has 11 heteroatoms. The second-order valence-electron chi connectivity index (χ2n) is 7.01. The second-order valence-corrected chi connectivity index (χ2v) is 7.01. The van der Waals surface area contributed by atoms with Crippen molar-refractivity contribution in [2.75, 3.05) is 13.1 Å². The number of hydrogen-bond acceptors (Lipinski definition) is 3. The molecule has 1 saturated heterocycles. The number of halogens is 6. The van der Waals surface area contributed by atoms with Crippen LogP contribution < -0.4 is 11.1 Å². The average Bonchev–Trinajstić information content (AvgIpc) is 3.05. The Labute approximate surface area is 163 Å². The lowest BCUT2D eigenvalue weighted by atomic mass is 10.0. The van der Waals surface area contributed by atoms with Gasteiger partial charge in [0.2, 0.25) is 11.8 Å². The summed E-state index contributed by atoms with van der Waals surface area (Å²) in [4.78, 5) is 25.2. The predicted molar refractivity (Wildman–Crippen MR) is 91.0 cm³/mol. The maximum absolute atomic E-state index is 13.7. The predicted octanol–water partition coefficient (Wildman–Crippen LogP) is 2.42. The second kappa shape index (κ2) is 9.47. The number of alkyl halides is 3. The Bertz CT molecular complexity index is 756. The molecular formula is C18H21F6N3O2. The Kier molecular flexibility index (Phi) is 7.50. The van der Waals surface area contributed by atoms with Crippen molar-refractivity contribution in [3.05, 3.63) is 35.1 Å². The van der Waals surface area contributed by atoms with Crippen LogP contribution in [0.3, 0.4) is 0 Å². The monoisotopic (exact) mass is 425 g/mol. The first-order chi connectivity index (χ1) is 13.5. The first kappa shape index (κ1) is 23.0. The third-order valence-electron chi connectivity index (χ3n) is 4.60. The Hall–Kier alpha value is -2.30. The molecule has 29 heavy (non-hydrogen) atoms. The van der Waals surface area contributed by atoms with Gasteiger partial charge in [-0.3, -0.25) is 9.59 Å². The van der Waals surface area contributed by atoms with E-state index in [1.807, 2.05) is 0 Å². The summed E-state index contributed by atoms with van der Waals surface area (Å²) >= 11 is 0. The zero-order valence-corrected chi connectivity index (χ0v) is 15.4. The van der Waals surface area contributed by atoms with E-state index in [1.165, 1.54) is 4.90 Å². The van der Waals surface area contributed by atoms with Gasteiger partial charge in [0.1, 0.15) is 12.2 Å². The van der Waals surface area contributed by atoms with E-state index in [1.54, 1.807) is 0 Å². The molecule has 0 bridgehead atoms. The molecule has 1 aliphatic rings. The summed E-state index contributed by atoms with van der Waals surface area (Å²) in [6.45, 7) is 0.235. The lowest BCUT2D eigenvalue weighted by Gasteiger charge is -2.26. The summed E-state index contributed by atoms with van der Waals surface area (Å²) in [6, 6.07) is -0.252. The van der Waals surface area contributed by atoms with E-state index in [-0.39, 0.29) is 24.9 Å². The van der Waals surface area contributed by atoms with Crippen LogP contribution in [0.4, 0.5) is 26.3 Å². The van der Waals surface area contributed by atoms with Gasteiger partial charge in [-0.05, 0) is 30.9 Å². The summed E-state index contributed by atoms with van der Waals surface area (Å²) < 4.78 is 76.5. The Morgan fingerprint density at radius 2 is 1.83 bits per heavy atom. The topological polar surface area (TPSA) is 75.4 Å². The SMILES string of the molecule is N[C@@H](CC(=O)N1CCCC1CNC(=O)CC(F)(F)F)Cc1cc(F)c(F)cc1F. The largest absolute Gasteiger partial charge is 0.397 e. The normalized spacial score (nSPS) is 18.0.